The fourth-order valence-corrected chi connectivity index (χ4v) is 3.12. The Bertz CT molecular complexity index is 657. The summed E-state index contributed by atoms with van der Waals surface area (Å²) < 4.78 is 0. The van der Waals surface area contributed by atoms with E-state index in [0.717, 1.165) is 18.5 Å². The third-order valence-corrected chi connectivity index (χ3v) is 4.54. The molecule has 6 heteroatoms. The summed E-state index contributed by atoms with van der Waals surface area (Å²) in [5.41, 5.74) is 0.829. The van der Waals surface area contributed by atoms with Crippen molar-refractivity contribution in [2.45, 2.75) is 57.1 Å². The second-order valence-corrected chi connectivity index (χ2v) is 6.74. The van der Waals surface area contributed by atoms with Crippen LogP contribution in [-0.2, 0) is 16.0 Å². The maximum Gasteiger partial charge on any atom is 0.303 e. The number of carbonyl (C=O) groups excluding carboxylic acids is 1. The number of piperidine rings is 1. The van der Waals surface area contributed by atoms with Crippen LogP contribution in [0.3, 0.4) is 0 Å². The lowest BCUT2D eigenvalue weighted by Crippen LogP contribution is -2.42. The Labute approximate surface area is 160 Å². The van der Waals surface area contributed by atoms with Crippen LogP contribution in [0.5, 0.6) is 0 Å². The Kier molecular flexibility index (Phi) is 8.71. The van der Waals surface area contributed by atoms with Crippen LogP contribution in [0, 0.1) is 0 Å². The molecule has 0 bridgehead atoms. The van der Waals surface area contributed by atoms with Gasteiger partial charge in [0, 0.05) is 37.7 Å². The lowest BCUT2D eigenvalue weighted by atomic mass is 10.00. The van der Waals surface area contributed by atoms with Gasteiger partial charge >= 0.3 is 5.97 Å². The zero-order chi connectivity index (χ0) is 19.5. The number of aromatic nitrogens is 1. The number of allylic oxidation sites excluding steroid dienone is 1. The summed E-state index contributed by atoms with van der Waals surface area (Å²) in [7, 11) is 0. The van der Waals surface area contributed by atoms with Crippen molar-refractivity contribution in [1.82, 2.24) is 9.88 Å². The average Bonchev–Trinajstić information content (AvgIpc) is 2.65. The molecule has 1 aromatic rings. The Morgan fingerprint density at radius 1 is 1.37 bits per heavy atom. The second kappa shape index (κ2) is 11.3. The van der Waals surface area contributed by atoms with Gasteiger partial charge in [-0.15, -0.1) is 0 Å². The average molecular weight is 372 g/mol. The van der Waals surface area contributed by atoms with Gasteiger partial charge in [-0.05, 0) is 37.8 Å². The molecular weight excluding hydrogens is 344 g/mol. The van der Waals surface area contributed by atoms with Crippen molar-refractivity contribution in [3.05, 3.63) is 54.4 Å². The normalized spacial score (nSPS) is 19.1. The molecule has 146 valence electrons. The molecule has 0 radical (unpaired) electrons. The minimum atomic E-state index is -0.788. The van der Waals surface area contributed by atoms with E-state index in [1.807, 2.05) is 41.3 Å². The van der Waals surface area contributed by atoms with E-state index in [1.165, 1.54) is 0 Å². The minimum Gasteiger partial charge on any atom is -0.481 e. The van der Waals surface area contributed by atoms with Gasteiger partial charge in [0.15, 0.2) is 0 Å². The summed E-state index contributed by atoms with van der Waals surface area (Å²) in [6, 6.07) is 5.59. The van der Waals surface area contributed by atoms with E-state index in [2.05, 4.69) is 4.98 Å². The highest BCUT2D eigenvalue weighted by Gasteiger charge is 2.25. The number of hydrogen-bond acceptors (Lipinski definition) is 4. The van der Waals surface area contributed by atoms with Gasteiger partial charge in [-0.3, -0.25) is 14.6 Å². The molecule has 0 saturated carbocycles. The predicted molar refractivity (Wildman–Crippen MR) is 103 cm³/mol. The molecule has 6 nitrogen and oxygen atoms in total. The van der Waals surface area contributed by atoms with E-state index < -0.39 is 12.1 Å². The Morgan fingerprint density at radius 2 is 2.22 bits per heavy atom. The molecule has 2 atom stereocenters. The van der Waals surface area contributed by atoms with Gasteiger partial charge in [0.1, 0.15) is 0 Å². The van der Waals surface area contributed by atoms with E-state index in [-0.39, 0.29) is 18.4 Å². The van der Waals surface area contributed by atoms with Crippen molar-refractivity contribution in [2.24, 2.45) is 0 Å². The molecule has 0 aromatic carbocycles. The van der Waals surface area contributed by atoms with E-state index >= 15 is 0 Å². The first-order valence-electron chi connectivity index (χ1n) is 9.49. The zero-order valence-electron chi connectivity index (χ0n) is 15.5. The second-order valence-electron chi connectivity index (χ2n) is 6.74. The van der Waals surface area contributed by atoms with Crippen molar-refractivity contribution in [3.63, 3.8) is 0 Å². The zero-order valence-corrected chi connectivity index (χ0v) is 15.5. The SMILES string of the molecule is O=C(O)CCCC=CCN1C(=O)CCC[C@@H]1C=CC(O)Cc1ccccn1. The van der Waals surface area contributed by atoms with Crippen molar-refractivity contribution < 1.29 is 19.8 Å². The number of pyridine rings is 1. The fourth-order valence-electron chi connectivity index (χ4n) is 3.12. The molecule has 1 unspecified atom stereocenters. The molecule has 0 spiro atoms. The molecule has 1 aromatic heterocycles. The lowest BCUT2D eigenvalue weighted by Gasteiger charge is -2.33. The quantitative estimate of drug-likeness (QED) is 0.487. The maximum absolute atomic E-state index is 12.3. The van der Waals surface area contributed by atoms with Crippen LogP contribution in [0.25, 0.3) is 0 Å². The van der Waals surface area contributed by atoms with Crippen molar-refractivity contribution >= 4 is 11.9 Å². The largest absolute Gasteiger partial charge is 0.481 e. The molecule has 1 aliphatic heterocycles. The highest BCUT2D eigenvalue weighted by Crippen LogP contribution is 2.19. The molecule has 1 saturated heterocycles. The number of hydrogen-bond donors (Lipinski definition) is 2. The smallest absolute Gasteiger partial charge is 0.303 e. The molecule has 0 aliphatic carbocycles. The monoisotopic (exact) mass is 372 g/mol. The van der Waals surface area contributed by atoms with Gasteiger partial charge in [-0.25, -0.2) is 0 Å². The first kappa shape index (κ1) is 20.8. The van der Waals surface area contributed by atoms with Crippen LogP contribution in [-0.4, -0.2) is 50.7 Å². The lowest BCUT2D eigenvalue weighted by molar-refractivity contribution is -0.137. The van der Waals surface area contributed by atoms with Crippen molar-refractivity contribution in [1.29, 1.82) is 0 Å². The summed E-state index contributed by atoms with van der Waals surface area (Å²) in [4.78, 5) is 28.8. The van der Waals surface area contributed by atoms with E-state index in [1.54, 1.807) is 12.3 Å². The molecule has 2 N–H and O–H groups in total. The van der Waals surface area contributed by atoms with Crippen LogP contribution in [0.1, 0.15) is 44.2 Å². The third-order valence-electron chi connectivity index (χ3n) is 4.54. The summed E-state index contributed by atoms with van der Waals surface area (Å²) in [5.74, 6) is -0.672. The number of likely N-dealkylation sites (tertiary alicyclic amines) is 1. The van der Waals surface area contributed by atoms with Gasteiger partial charge in [0.2, 0.25) is 5.91 Å². The first-order chi connectivity index (χ1) is 13.1. The predicted octanol–water partition coefficient (Wildman–Crippen LogP) is 2.73. The number of aliphatic carboxylic acids is 1. The van der Waals surface area contributed by atoms with Gasteiger partial charge in [0.05, 0.1) is 12.1 Å². The standard InChI is InChI=1S/C21H28N2O4/c24-19(16-17-8-4-5-14-22-17)13-12-18-9-7-10-20(25)23(18)15-6-2-1-3-11-21(26)27/h2,4-6,8,12-14,18-19,24H,1,3,7,9-11,15-16H2,(H,26,27)/t18-,19?/m1/s1. The first-order valence-corrected chi connectivity index (χ1v) is 9.49. The van der Waals surface area contributed by atoms with Crippen LogP contribution < -0.4 is 0 Å². The molecule has 2 heterocycles. The molecule has 1 aliphatic rings. The van der Waals surface area contributed by atoms with Gasteiger partial charge in [0.25, 0.3) is 0 Å². The molecule has 1 fully saturated rings. The number of rotatable bonds is 10. The third kappa shape index (κ3) is 7.74. The van der Waals surface area contributed by atoms with Crippen LogP contribution in [0.2, 0.25) is 0 Å². The number of aliphatic hydroxyl groups excluding tert-OH is 1. The number of nitrogens with zero attached hydrogens (tertiary/aromatic N) is 2. The summed E-state index contributed by atoms with van der Waals surface area (Å²) in [6.07, 6.45) is 12.8. The summed E-state index contributed by atoms with van der Waals surface area (Å²) in [6.45, 7) is 0.511. The minimum absolute atomic E-state index is 0.0201. The highest BCUT2D eigenvalue weighted by molar-refractivity contribution is 5.77. The van der Waals surface area contributed by atoms with Gasteiger partial charge in [-0.1, -0.05) is 30.4 Å². The number of carboxylic acid groups (broad SMARTS) is 1. The summed E-state index contributed by atoms with van der Waals surface area (Å²) in [5, 5.41) is 18.8. The van der Waals surface area contributed by atoms with E-state index in [9.17, 15) is 14.7 Å². The highest BCUT2D eigenvalue weighted by atomic mass is 16.4. The fraction of sp³-hybridized carbons (Fsp3) is 0.476. The Morgan fingerprint density at radius 3 is 2.96 bits per heavy atom. The van der Waals surface area contributed by atoms with Crippen LogP contribution in [0.4, 0.5) is 0 Å². The van der Waals surface area contributed by atoms with Crippen LogP contribution >= 0.6 is 0 Å². The number of carbonyl (C=O) groups is 2. The van der Waals surface area contributed by atoms with Crippen molar-refractivity contribution in [2.75, 3.05) is 6.54 Å². The van der Waals surface area contributed by atoms with Gasteiger partial charge in [-0.2, -0.15) is 0 Å². The number of amides is 1. The number of aliphatic hydroxyl groups is 1. The number of carboxylic acids is 1. The van der Waals surface area contributed by atoms with Crippen molar-refractivity contribution in [3.8, 4) is 0 Å². The number of unbranched alkanes of at least 4 members (excludes halogenated alkanes) is 1. The Balaban J connectivity index is 1.85. The topological polar surface area (TPSA) is 90.7 Å². The maximum atomic E-state index is 12.3. The summed E-state index contributed by atoms with van der Waals surface area (Å²) >= 11 is 0. The molecule has 27 heavy (non-hydrogen) atoms. The van der Waals surface area contributed by atoms with E-state index in [4.69, 9.17) is 5.11 Å². The Hall–Kier alpha value is -2.47. The van der Waals surface area contributed by atoms with Crippen LogP contribution in [0.15, 0.2) is 48.7 Å². The molecule has 2 rings (SSSR count). The molecule has 1 amide bonds. The molecular formula is C21H28N2O4. The van der Waals surface area contributed by atoms with E-state index in [0.29, 0.717) is 32.2 Å². The van der Waals surface area contributed by atoms with Gasteiger partial charge < -0.3 is 15.1 Å².